The van der Waals surface area contributed by atoms with Crippen molar-refractivity contribution in [3.05, 3.63) is 77.0 Å². The first-order chi connectivity index (χ1) is 12.9. The molecule has 138 valence electrons. The SMILES string of the molecule is C=C(c1cc(C)c(C)c(OC)c1)c1ccc2[nH]c(/C=C/C(=O)NO)cc2c1. The lowest BCUT2D eigenvalue weighted by molar-refractivity contribution is -0.124. The Morgan fingerprint density at radius 2 is 1.96 bits per heavy atom. The molecule has 3 aromatic rings. The molecule has 0 saturated heterocycles. The molecular weight excluding hydrogens is 340 g/mol. The van der Waals surface area contributed by atoms with E-state index >= 15 is 0 Å². The van der Waals surface area contributed by atoms with Gasteiger partial charge in [-0.3, -0.25) is 10.0 Å². The number of aromatic nitrogens is 1. The van der Waals surface area contributed by atoms with Crippen LogP contribution < -0.4 is 10.2 Å². The molecule has 0 spiro atoms. The van der Waals surface area contributed by atoms with Crippen LogP contribution in [-0.4, -0.2) is 23.2 Å². The number of ether oxygens (including phenoxy) is 1. The monoisotopic (exact) mass is 362 g/mol. The third-order valence-corrected chi connectivity index (χ3v) is 4.70. The van der Waals surface area contributed by atoms with Crippen LogP contribution in [0.3, 0.4) is 0 Å². The molecule has 0 aliphatic heterocycles. The summed E-state index contributed by atoms with van der Waals surface area (Å²) in [4.78, 5) is 14.3. The van der Waals surface area contributed by atoms with E-state index in [0.717, 1.165) is 50.2 Å². The van der Waals surface area contributed by atoms with Gasteiger partial charge in [0, 0.05) is 22.7 Å². The number of benzene rings is 2. The van der Waals surface area contributed by atoms with E-state index < -0.39 is 5.91 Å². The highest BCUT2D eigenvalue weighted by Gasteiger charge is 2.10. The van der Waals surface area contributed by atoms with E-state index in [9.17, 15) is 4.79 Å². The summed E-state index contributed by atoms with van der Waals surface area (Å²) in [7, 11) is 1.67. The molecule has 0 aliphatic rings. The van der Waals surface area contributed by atoms with Crippen LogP contribution in [0.2, 0.25) is 0 Å². The van der Waals surface area contributed by atoms with Gasteiger partial charge in [0.05, 0.1) is 7.11 Å². The van der Waals surface area contributed by atoms with Gasteiger partial charge in [0.25, 0.3) is 5.91 Å². The van der Waals surface area contributed by atoms with Gasteiger partial charge in [-0.1, -0.05) is 18.7 Å². The van der Waals surface area contributed by atoms with E-state index in [1.165, 1.54) is 6.08 Å². The van der Waals surface area contributed by atoms with Crippen LogP contribution in [0.5, 0.6) is 5.75 Å². The van der Waals surface area contributed by atoms with E-state index in [1.807, 2.05) is 31.2 Å². The van der Waals surface area contributed by atoms with Crippen molar-refractivity contribution < 1.29 is 14.7 Å². The van der Waals surface area contributed by atoms with Crippen molar-refractivity contribution in [2.24, 2.45) is 0 Å². The van der Waals surface area contributed by atoms with Crippen LogP contribution in [-0.2, 0) is 4.79 Å². The summed E-state index contributed by atoms with van der Waals surface area (Å²) in [5.74, 6) is 0.273. The highest BCUT2D eigenvalue weighted by atomic mass is 16.5. The number of amides is 1. The highest BCUT2D eigenvalue weighted by molar-refractivity contribution is 5.93. The topological polar surface area (TPSA) is 74.4 Å². The zero-order valence-electron chi connectivity index (χ0n) is 15.6. The number of aryl methyl sites for hydroxylation is 1. The molecular formula is C22H22N2O3. The van der Waals surface area contributed by atoms with Gasteiger partial charge in [0.15, 0.2) is 0 Å². The Morgan fingerprint density at radius 3 is 2.67 bits per heavy atom. The number of hydroxylamine groups is 1. The molecule has 0 saturated carbocycles. The molecule has 0 fully saturated rings. The molecule has 5 nitrogen and oxygen atoms in total. The minimum Gasteiger partial charge on any atom is -0.496 e. The molecule has 1 aromatic heterocycles. The Balaban J connectivity index is 1.95. The molecule has 0 unspecified atom stereocenters. The predicted molar refractivity (Wildman–Crippen MR) is 108 cm³/mol. The number of fused-ring (bicyclic) bond motifs is 1. The van der Waals surface area contributed by atoms with Crippen molar-refractivity contribution in [1.29, 1.82) is 0 Å². The van der Waals surface area contributed by atoms with E-state index in [-0.39, 0.29) is 0 Å². The van der Waals surface area contributed by atoms with E-state index in [4.69, 9.17) is 9.94 Å². The molecule has 3 N–H and O–H groups in total. The van der Waals surface area contributed by atoms with Gasteiger partial charge in [-0.25, -0.2) is 5.48 Å². The number of hydrogen-bond acceptors (Lipinski definition) is 3. The molecule has 5 heteroatoms. The zero-order valence-corrected chi connectivity index (χ0v) is 15.6. The van der Waals surface area contributed by atoms with Crippen molar-refractivity contribution in [2.75, 3.05) is 7.11 Å². The molecule has 0 radical (unpaired) electrons. The van der Waals surface area contributed by atoms with Gasteiger partial charge in [-0.2, -0.15) is 0 Å². The second-order valence-electron chi connectivity index (χ2n) is 6.44. The van der Waals surface area contributed by atoms with E-state index in [2.05, 4.69) is 30.6 Å². The maximum Gasteiger partial charge on any atom is 0.267 e. The van der Waals surface area contributed by atoms with Gasteiger partial charge >= 0.3 is 0 Å². The third kappa shape index (κ3) is 3.78. The van der Waals surface area contributed by atoms with E-state index in [1.54, 1.807) is 18.7 Å². The van der Waals surface area contributed by atoms with Crippen LogP contribution >= 0.6 is 0 Å². The average molecular weight is 362 g/mol. The van der Waals surface area contributed by atoms with Gasteiger partial charge in [-0.15, -0.1) is 0 Å². The first kappa shape index (κ1) is 18.5. The van der Waals surface area contributed by atoms with Crippen molar-refractivity contribution in [2.45, 2.75) is 13.8 Å². The smallest absolute Gasteiger partial charge is 0.267 e. The quantitative estimate of drug-likeness (QED) is 0.358. The third-order valence-electron chi connectivity index (χ3n) is 4.70. The van der Waals surface area contributed by atoms with Gasteiger partial charge in [0.2, 0.25) is 0 Å². The molecule has 3 rings (SSSR count). The van der Waals surface area contributed by atoms with Crippen molar-refractivity contribution in [1.82, 2.24) is 10.5 Å². The zero-order chi connectivity index (χ0) is 19.6. The summed E-state index contributed by atoms with van der Waals surface area (Å²) in [6.45, 7) is 8.37. The van der Waals surface area contributed by atoms with Crippen LogP contribution in [0.1, 0.15) is 27.9 Å². The maximum atomic E-state index is 11.1. The van der Waals surface area contributed by atoms with Crippen molar-refractivity contribution in [3.63, 3.8) is 0 Å². The first-order valence-electron chi connectivity index (χ1n) is 8.52. The number of carbonyl (C=O) groups excluding carboxylic acids is 1. The number of hydrogen-bond donors (Lipinski definition) is 3. The Bertz CT molecular complexity index is 1060. The summed E-state index contributed by atoms with van der Waals surface area (Å²) in [6.07, 6.45) is 2.86. The summed E-state index contributed by atoms with van der Waals surface area (Å²) >= 11 is 0. The number of methoxy groups -OCH3 is 1. The fourth-order valence-corrected chi connectivity index (χ4v) is 3.02. The van der Waals surface area contributed by atoms with Gasteiger partial charge < -0.3 is 9.72 Å². The summed E-state index contributed by atoms with van der Waals surface area (Å²) in [5, 5.41) is 9.56. The predicted octanol–water partition coefficient (Wildman–Crippen LogP) is 4.37. The lowest BCUT2D eigenvalue weighted by Crippen LogP contribution is -2.14. The number of H-pyrrole nitrogens is 1. The number of nitrogens with one attached hydrogen (secondary N) is 2. The highest BCUT2D eigenvalue weighted by Crippen LogP contribution is 2.31. The number of rotatable bonds is 5. The molecule has 1 heterocycles. The second-order valence-corrected chi connectivity index (χ2v) is 6.44. The van der Waals surface area contributed by atoms with Gasteiger partial charge in [-0.05, 0) is 72.0 Å². The molecule has 27 heavy (non-hydrogen) atoms. The fraction of sp³-hybridized carbons (Fsp3) is 0.136. The molecule has 1 amide bonds. The summed E-state index contributed by atoms with van der Waals surface area (Å²) in [6, 6.07) is 12.1. The van der Waals surface area contributed by atoms with Crippen LogP contribution in [0.25, 0.3) is 22.6 Å². The minimum atomic E-state index is -0.577. The lowest BCUT2D eigenvalue weighted by Gasteiger charge is -2.13. The van der Waals surface area contributed by atoms with Crippen molar-refractivity contribution in [3.8, 4) is 5.75 Å². The number of aromatic amines is 1. The van der Waals surface area contributed by atoms with Crippen LogP contribution in [0.4, 0.5) is 0 Å². The van der Waals surface area contributed by atoms with Crippen LogP contribution in [0.15, 0.2) is 49.1 Å². The second kappa shape index (κ2) is 7.51. The Labute approximate surface area is 157 Å². The Kier molecular flexibility index (Phi) is 5.14. The maximum absolute atomic E-state index is 11.1. The molecule has 0 bridgehead atoms. The Hall–Kier alpha value is -3.31. The Morgan fingerprint density at radius 1 is 1.19 bits per heavy atom. The van der Waals surface area contributed by atoms with Gasteiger partial charge in [0.1, 0.15) is 5.75 Å². The minimum absolute atomic E-state index is 0.577. The largest absolute Gasteiger partial charge is 0.496 e. The van der Waals surface area contributed by atoms with Crippen molar-refractivity contribution >= 4 is 28.5 Å². The molecule has 2 aromatic carbocycles. The standard InChI is InChI=1S/C22H22N2O3/c1-13-9-17(12-21(27-4)14(13)2)15(3)16-5-7-20-18(10-16)11-19(23-20)6-8-22(25)24-26/h5-12,23,26H,3H2,1-2,4H3,(H,24,25)/b8-6+. The first-order valence-corrected chi connectivity index (χ1v) is 8.52. The normalized spacial score (nSPS) is 11.1. The number of carbonyl (C=O) groups is 1. The average Bonchev–Trinajstić information content (AvgIpc) is 3.09. The van der Waals surface area contributed by atoms with Crippen LogP contribution in [0, 0.1) is 13.8 Å². The molecule has 0 aliphatic carbocycles. The van der Waals surface area contributed by atoms with E-state index in [0.29, 0.717) is 0 Å². The fourth-order valence-electron chi connectivity index (χ4n) is 3.02. The summed E-state index contributed by atoms with van der Waals surface area (Å²) in [5.41, 5.74) is 8.51. The lowest BCUT2D eigenvalue weighted by atomic mass is 9.95. The molecule has 0 atom stereocenters. The summed E-state index contributed by atoms with van der Waals surface area (Å²) < 4.78 is 5.48.